The van der Waals surface area contributed by atoms with Crippen LogP contribution in [0.3, 0.4) is 0 Å². The molecule has 0 aromatic rings. The van der Waals surface area contributed by atoms with E-state index in [4.69, 9.17) is 5.11 Å². The summed E-state index contributed by atoms with van der Waals surface area (Å²) in [4.78, 5) is 12.6. The van der Waals surface area contributed by atoms with Crippen LogP contribution < -0.4 is 0 Å². The Morgan fingerprint density at radius 2 is 2.36 bits per heavy atom. The third kappa shape index (κ3) is 1.03. The van der Waals surface area contributed by atoms with Crippen molar-refractivity contribution in [3.63, 3.8) is 0 Å². The average Bonchev–Trinajstić information content (AvgIpc) is 2.39. The van der Waals surface area contributed by atoms with E-state index in [1.54, 1.807) is 0 Å². The molecule has 0 aromatic heterocycles. The first-order chi connectivity index (χ1) is 5.12. The second kappa shape index (κ2) is 1.97. The Morgan fingerprint density at radius 1 is 1.73 bits per heavy atom. The van der Waals surface area contributed by atoms with Gasteiger partial charge in [0.05, 0.1) is 0 Å². The molecule has 2 aliphatic rings. The highest BCUT2D eigenvalue weighted by molar-refractivity contribution is 5.67. The number of carboxylic acids is 1. The van der Waals surface area contributed by atoms with Crippen LogP contribution in [0.2, 0.25) is 0 Å². The van der Waals surface area contributed by atoms with E-state index in [-0.39, 0.29) is 0 Å². The third-order valence-corrected chi connectivity index (χ3v) is 2.95. The van der Waals surface area contributed by atoms with Crippen molar-refractivity contribution in [1.82, 2.24) is 4.90 Å². The molecule has 3 nitrogen and oxygen atoms in total. The lowest BCUT2D eigenvalue weighted by Crippen LogP contribution is -2.46. The zero-order valence-electron chi connectivity index (χ0n) is 6.71. The molecular formula is C8H13NO2. The molecule has 0 aromatic carbocycles. The van der Waals surface area contributed by atoms with Gasteiger partial charge in [-0.2, -0.15) is 0 Å². The first-order valence-electron chi connectivity index (χ1n) is 4.03. The number of carbonyl (C=O) groups is 1. The molecule has 1 aliphatic heterocycles. The number of hydrogen-bond acceptors (Lipinski definition) is 2. The Balaban J connectivity index is 1.82. The largest absolute Gasteiger partial charge is 0.481 e. The molecule has 62 valence electrons. The second-order valence-corrected chi connectivity index (χ2v) is 4.03. The van der Waals surface area contributed by atoms with E-state index >= 15 is 0 Å². The smallest absolute Gasteiger partial charge is 0.303 e. The molecule has 11 heavy (non-hydrogen) atoms. The number of hydrogen-bond donors (Lipinski definition) is 1. The lowest BCUT2D eigenvalue weighted by molar-refractivity contribution is -0.137. The maximum Gasteiger partial charge on any atom is 0.303 e. The highest BCUT2D eigenvalue weighted by Crippen LogP contribution is 2.59. The summed E-state index contributed by atoms with van der Waals surface area (Å²) in [5.41, 5.74) is 0.438. The van der Waals surface area contributed by atoms with Crippen LogP contribution in [0, 0.1) is 11.3 Å². The number of aliphatic carboxylic acids is 1. The van der Waals surface area contributed by atoms with E-state index in [1.807, 2.05) is 0 Å². The predicted molar refractivity (Wildman–Crippen MR) is 40.3 cm³/mol. The lowest BCUT2D eigenvalue weighted by Gasteiger charge is -2.37. The van der Waals surface area contributed by atoms with Crippen molar-refractivity contribution in [3.8, 4) is 0 Å². The molecule has 1 atom stereocenters. The van der Waals surface area contributed by atoms with Crippen molar-refractivity contribution in [2.24, 2.45) is 11.3 Å². The molecule has 1 N–H and O–H groups in total. The molecule has 1 heterocycles. The van der Waals surface area contributed by atoms with Crippen LogP contribution in [0.1, 0.15) is 12.8 Å². The molecular weight excluding hydrogens is 142 g/mol. The van der Waals surface area contributed by atoms with Gasteiger partial charge in [-0.3, -0.25) is 4.79 Å². The Kier molecular flexibility index (Phi) is 1.27. The van der Waals surface area contributed by atoms with E-state index in [0.717, 1.165) is 19.5 Å². The zero-order chi connectivity index (χ0) is 8.06. The standard InChI is InChI=1S/C8H13NO2/c1-9-4-8(5-9)3-6(8)2-7(10)11/h6H,2-5H2,1H3,(H,10,11). The SMILES string of the molecule is CN1CC2(CC2CC(=O)O)C1. The predicted octanol–water partition coefficient (Wildman–Crippen LogP) is 0.413. The Labute approximate surface area is 66.0 Å². The zero-order valence-corrected chi connectivity index (χ0v) is 6.71. The molecule has 2 rings (SSSR count). The fraction of sp³-hybridized carbons (Fsp3) is 0.875. The third-order valence-electron chi connectivity index (χ3n) is 2.95. The van der Waals surface area contributed by atoms with E-state index in [1.165, 1.54) is 0 Å². The van der Waals surface area contributed by atoms with E-state index in [0.29, 0.717) is 17.8 Å². The molecule has 2 fully saturated rings. The highest BCUT2D eigenvalue weighted by Gasteiger charge is 2.60. The molecule has 3 heteroatoms. The maximum atomic E-state index is 10.3. The monoisotopic (exact) mass is 155 g/mol. The fourth-order valence-electron chi connectivity index (χ4n) is 2.35. The van der Waals surface area contributed by atoms with Gasteiger partial charge in [-0.05, 0) is 24.8 Å². The van der Waals surface area contributed by atoms with Gasteiger partial charge < -0.3 is 10.0 Å². The normalized spacial score (nSPS) is 33.4. The van der Waals surface area contributed by atoms with Crippen molar-refractivity contribution < 1.29 is 9.90 Å². The van der Waals surface area contributed by atoms with Crippen molar-refractivity contribution in [2.45, 2.75) is 12.8 Å². The van der Waals surface area contributed by atoms with E-state index in [2.05, 4.69) is 11.9 Å². The Morgan fingerprint density at radius 3 is 2.82 bits per heavy atom. The summed E-state index contributed by atoms with van der Waals surface area (Å²) in [7, 11) is 2.08. The summed E-state index contributed by atoms with van der Waals surface area (Å²) in [6.45, 7) is 2.23. The summed E-state index contributed by atoms with van der Waals surface area (Å²) in [5.74, 6) is -0.155. The van der Waals surface area contributed by atoms with E-state index < -0.39 is 5.97 Å². The summed E-state index contributed by atoms with van der Waals surface area (Å²) in [5, 5.41) is 8.53. The minimum Gasteiger partial charge on any atom is -0.481 e. The van der Waals surface area contributed by atoms with Gasteiger partial charge in [-0.15, -0.1) is 0 Å². The minimum absolute atomic E-state index is 0.383. The minimum atomic E-state index is -0.638. The topological polar surface area (TPSA) is 40.5 Å². The van der Waals surface area contributed by atoms with Gasteiger partial charge in [0, 0.05) is 19.5 Å². The van der Waals surface area contributed by atoms with Crippen LogP contribution >= 0.6 is 0 Å². The molecule has 1 saturated carbocycles. The first-order valence-corrected chi connectivity index (χ1v) is 4.03. The van der Waals surface area contributed by atoms with Crippen molar-refractivity contribution in [1.29, 1.82) is 0 Å². The molecule has 1 saturated heterocycles. The average molecular weight is 155 g/mol. The highest BCUT2D eigenvalue weighted by atomic mass is 16.4. The summed E-state index contributed by atoms with van der Waals surface area (Å²) < 4.78 is 0. The van der Waals surface area contributed by atoms with Crippen LogP contribution in [0.5, 0.6) is 0 Å². The van der Waals surface area contributed by atoms with Crippen molar-refractivity contribution >= 4 is 5.97 Å². The van der Waals surface area contributed by atoms with Crippen molar-refractivity contribution in [3.05, 3.63) is 0 Å². The van der Waals surface area contributed by atoms with Gasteiger partial charge in [0.25, 0.3) is 0 Å². The fourth-order valence-corrected chi connectivity index (χ4v) is 2.35. The number of likely N-dealkylation sites (tertiary alicyclic amines) is 1. The van der Waals surface area contributed by atoms with Crippen LogP contribution in [-0.4, -0.2) is 36.1 Å². The van der Waals surface area contributed by atoms with Gasteiger partial charge in [-0.25, -0.2) is 0 Å². The molecule has 0 bridgehead atoms. The second-order valence-electron chi connectivity index (χ2n) is 4.03. The van der Waals surface area contributed by atoms with Crippen LogP contribution in [0.15, 0.2) is 0 Å². The first kappa shape index (κ1) is 7.10. The Hall–Kier alpha value is -0.570. The summed E-state index contributed by atoms with van der Waals surface area (Å²) >= 11 is 0. The molecule has 0 radical (unpaired) electrons. The quantitative estimate of drug-likeness (QED) is 0.628. The van der Waals surface area contributed by atoms with E-state index in [9.17, 15) is 4.79 Å². The molecule has 1 unspecified atom stereocenters. The maximum absolute atomic E-state index is 10.3. The number of rotatable bonds is 2. The van der Waals surface area contributed by atoms with Crippen LogP contribution in [-0.2, 0) is 4.79 Å². The molecule has 0 amide bonds. The molecule has 1 aliphatic carbocycles. The molecule has 1 spiro atoms. The number of carboxylic acid groups (broad SMARTS) is 1. The van der Waals surface area contributed by atoms with Crippen molar-refractivity contribution in [2.75, 3.05) is 20.1 Å². The van der Waals surface area contributed by atoms with Crippen LogP contribution in [0.25, 0.3) is 0 Å². The number of nitrogens with zero attached hydrogens (tertiary/aromatic N) is 1. The van der Waals surface area contributed by atoms with Gasteiger partial charge >= 0.3 is 5.97 Å². The summed E-state index contributed by atoms with van der Waals surface area (Å²) in [6.07, 6.45) is 1.53. The van der Waals surface area contributed by atoms with Gasteiger partial charge in [0.1, 0.15) is 0 Å². The Bertz CT molecular complexity index is 196. The van der Waals surface area contributed by atoms with Gasteiger partial charge in [0.15, 0.2) is 0 Å². The lowest BCUT2D eigenvalue weighted by atomic mass is 9.93. The summed E-state index contributed by atoms with van der Waals surface area (Å²) in [6, 6.07) is 0. The van der Waals surface area contributed by atoms with Gasteiger partial charge in [-0.1, -0.05) is 0 Å². The van der Waals surface area contributed by atoms with Crippen LogP contribution in [0.4, 0.5) is 0 Å². The van der Waals surface area contributed by atoms with Gasteiger partial charge in [0.2, 0.25) is 0 Å².